The van der Waals surface area contributed by atoms with Crippen LogP contribution in [0.3, 0.4) is 0 Å². The van der Waals surface area contributed by atoms with Crippen molar-refractivity contribution < 1.29 is 9.34 Å². The molecule has 0 saturated carbocycles. The predicted molar refractivity (Wildman–Crippen MR) is 45.4 cm³/mol. The second kappa shape index (κ2) is 2.55. The van der Waals surface area contributed by atoms with Crippen molar-refractivity contribution in [3.05, 3.63) is 33.9 Å². The highest BCUT2D eigenvalue weighted by atomic mass is 16.7. The maximum atomic E-state index is 10.3. The van der Waals surface area contributed by atoms with Gasteiger partial charge in [-0.15, -0.1) is 0 Å². The molecule has 2 rings (SSSR count). The van der Waals surface area contributed by atoms with Gasteiger partial charge < -0.3 is 14.5 Å². The van der Waals surface area contributed by atoms with Crippen molar-refractivity contribution in [2.75, 3.05) is 0 Å². The van der Waals surface area contributed by atoms with Crippen LogP contribution in [0.4, 0.5) is 6.01 Å². The van der Waals surface area contributed by atoms with Crippen molar-refractivity contribution >= 4 is 17.1 Å². The van der Waals surface area contributed by atoms with Crippen molar-refractivity contribution in [3.8, 4) is 0 Å². The van der Waals surface area contributed by atoms with Gasteiger partial charge in [0, 0.05) is 9.91 Å². The summed E-state index contributed by atoms with van der Waals surface area (Å²) in [6, 6.07) is 4.77. The largest absolute Gasteiger partial charge is 0.546 e. The summed E-state index contributed by atoms with van der Waals surface area (Å²) in [5.74, 6) is 0. The van der Waals surface area contributed by atoms with Crippen LogP contribution < -0.4 is 0 Å². The summed E-state index contributed by atoms with van der Waals surface area (Å²) in [5.41, 5.74) is 1.96. The number of aryl methyl sites for hydroxylation is 1. The molecule has 1 aromatic carbocycles. The van der Waals surface area contributed by atoms with E-state index in [9.17, 15) is 10.1 Å². The lowest BCUT2D eigenvalue weighted by molar-refractivity contribution is -0.406. The SMILES string of the molecule is Cc1ccc2oc([N+](=O)[O-])nc2c1. The lowest BCUT2D eigenvalue weighted by atomic mass is 10.2. The number of nitrogens with zero attached hydrogens (tertiary/aromatic N) is 2. The summed E-state index contributed by atoms with van der Waals surface area (Å²) < 4.78 is 4.87. The molecule has 13 heavy (non-hydrogen) atoms. The van der Waals surface area contributed by atoms with Gasteiger partial charge in [0.05, 0.1) is 0 Å². The fourth-order valence-electron chi connectivity index (χ4n) is 1.10. The van der Waals surface area contributed by atoms with Gasteiger partial charge in [-0.1, -0.05) is 6.07 Å². The maximum absolute atomic E-state index is 10.3. The Balaban J connectivity index is 2.68. The van der Waals surface area contributed by atoms with E-state index in [1.54, 1.807) is 12.1 Å². The zero-order valence-corrected chi connectivity index (χ0v) is 6.85. The molecule has 0 N–H and O–H groups in total. The number of fused-ring (bicyclic) bond motifs is 1. The highest BCUT2D eigenvalue weighted by Crippen LogP contribution is 2.20. The fourth-order valence-corrected chi connectivity index (χ4v) is 1.10. The van der Waals surface area contributed by atoms with Crippen LogP contribution in [-0.4, -0.2) is 9.91 Å². The van der Waals surface area contributed by atoms with Gasteiger partial charge in [-0.3, -0.25) is 0 Å². The summed E-state index contributed by atoms with van der Waals surface area (Å²) in [7, 11) is 0. The molecule has 1 aromatic heterocycles. The number of hydrogen-bond acceptors (Lipinski definition) is 4. The van der Waals surface area contributed by atoms with Crippen molar-refractivity contribution in [1.82, 2.24) is 4.98 Å². The Labute approximate surface area is 73.1 Å². The molecule has 2 aromatic rings. The molecule has 0 amide bonds. The number of oxazole rings is 1. The van der Waals surface area contributed by atoms with Crippen molar-refractivity contribution in [1.29, 1.82) is 0 Å². The highest BCUT2D eigenvalue weighted by Gasteiger charge is 2.16. The van der Waals surface area contributed by atoms with Crippen LogP contribution >= 0.6 is 0 Å². The summed E-state index contributed by atoms with van der Waals surface area (Å²) in [4.78, 5) is 13.4. The first kappa shape index (κ1) is 7.72. The zero-order valence-electron chi connectivity index (χ0n) is 6.85. The van der Waals surface area contributed by atoms with E-state index in [0.717, 1.165) is 5.56 Å². The van der Waals surface area contributed by atoms with E-state index in [4.69, 9.17) is 4.42 Å². The summed E-state index contributed by atoms with van der Waals surface area (Å²) >= 11 is 0. The molecule has 0 atom stereocenters. The Morgan fingerprint density at radius 1 is 1.54 bits per heavy atom. The Hall–Kier alpha value is -1.91. The second-order valence-electron chi connectivity index (χ2n) is 2.72. The normalized spacial score (nSPS) is 10.5. The molecule has 0 aliphatic carbocycles. The first-order valence-corrected chi connectivity index (χ1v) is 3.68. The first-order valence-electron chi connectivity index (χ1n) is 3.68. The van der Waals surface area contributed by atoms with Crippen molar-refractivity contribution in [2.24, 2.45) is 0 Å². The number of hydrogen-bond donors (Lipinski definition) is 0. The molecule has 0 unspecified atom stereocenters. The monoisotopic (exact) mass is 178 g/mol. The lowest BCUT2D eigenvalue weighted by Gasteiger charge is -1.84. The standard InChI is InChI=1S/C8H6N2O3/c1-5-2-3-7-6(4-5)9-8(13-7)10(11)12/h2-4H,1H3. The van der Waals surface area contributed by atoms with Gasteiger partial charge >= 0.3 is 6.01 Å². The van der Waals surface area contributed by atoms with Crippen LogP contribution in [0, 0.1) is 17.0 Å². The van der Waals surface area contributed by atoms with Crippen LogP contribution in [0.5, 0.6) is 0 Å². The Morgan fingerprint density at radius 3 is 3.00 bits per heavy atom. The van der Waals surface area contributed by atoms with E-state index in [1.165, 1.54) is 0 Å². The van der Waals surface area contributed by atoms with Crippen LogP contribution in [0.25, 0.3) is 11.1 Å². The predicted octanol–water partition coefficient (Wildman–Crippen LogP) is 2.04. The molecule has 66 valence electrons. The van der Waals surface area contributed by atoms with Crippen molar-refractivity contribution in [3.63, 3.8) is 0 Å². The van der Waals surface area contributed by atoms with E-state index in [2.05, 4.69) is 4.98 Å². The van der Waals surface area contributed by atoms with E-state index in [0.29, 0.717) is 11.1 Å². The summed E-state index contributed by atoms with van der Waals surface area (Å²) in [6.07, 6.45) is 0. The Bertz CT molecular complexity index is 475. The average molecular weight is 178 g/mol. The third kappa shape index (κ3) is 1.24. The van der Waals surface area contributed by atoms with Gasteiger partial charge in [0.15, 0.2) is 5.58 Å². The minimum Gasteiger partial charge on any atom is -0.381 e. The van der Waals surface area contributed by atoms with Crippen molar-refractivity contribution in [2.45, 2.75) is 6.92 Å². The van der Waals surface area contributed by atoms with E-state index in [1.807, 2.05) is 13.0 Å². The molecule has 0 fully saturated rings. The fraction of sp³-hybridized carbons (Fsp3) is 0.125. The molecule has 0 spiro atoms. The van der Waals surface area contributed by atoms with Crippen LogP contribution in [0.1, 0.15) is 5.56 Å². The van der Waals surface area contributed by atoms with Gasteiger partial charge in [0.2, 0.25) is 5.52 Å². The molecule has 0 radical (unpaired) electrons. The molecule has 5 heteroatoms. The van der Waals surface area contributed by atoms with Gasteiger partial charge in [0.25, 0.3) is 0 Å². The molecule has 1 heterocycles. The quantitative estimate of drug-likeness (QED) is 0.495. The van der Waals surface area contributed by atoms with Gasteiger partial charge in [-0.05, 0) is 24.6 Å². The number of aromatic nitrogens is 1. The van der Waals surface area contributed by atoms with E-state index >= 15 is 0 Å². The Kier molecular flexibility index (Phi) is 1.51. The maximum Gasteiger partial charge on any atom is 0.546 e. The van der Waals surface area contributed by atoms with Crippen LogP contribution in [0.15, 0.2) is 22.6 Å². The molecule has 0 aliphatic rings. The summed E-state index contributed by atoms with van der Waals surface area (Å²) in [6.45, 7) is 1.89. The molecule has 0 saturated heterocycles. The third-order valence-corrected chi connectivity index (χ3v) is 1.69. The zero-order chi connectivity index (χ0) is 9.42. The lowest BCUT2D eigenvalue weighted by Crippen LogP contribution is -1.85. The molecule has 0 bridgehead atoms. The first-order chi connectivity index (χ1) is 6.16. The number of benzene rings is 1. The smallest absolute Gasteiger partial charge is 0.381 e. The number of rotatable bonds is 1. The third-order valence-electron chi connectivity index (χ3n) is 1.69. The molecular formula is C8H6N2O3. The van der Waals surface area contributed by atoms with Gasteiger partial charge in [-0.25, -0.2) is 0 Å². The van der Waals surface area contributed by atoms with Crippen LogP contribution in [0.2, 0.25) is 0 Å². The van der Waals surface area contributed by atoms with Gasteiger partial charge in [-0.2, -0.15) is 0 Å². The Morgan fingerprint density at radius 2 is 2.31 bits per heavy atom. The minimum atomic E-state index is -0.644. The molecular weight excluding hydrogens is 172 g/mol. The topological polar surface area (TPSA) is 69.2 Å². The molecule has 0 aliphatic heterocycles. The number of nitro groups is 1. The van der Waals surface area contributed by atoms with E-state index < -0.39 is 10.9 Å². The van der Waals surface area contributed by atoms with Gasteiger partial charge in [0.1, 0.15) is 0 Å². The van der Waals surface area contributed by atoms with E-state index in [-0.39, 0.29) is 0 Å². The average Bonchev–Trinajstić information content (AvgIpc) is 2.46. The highest BCUT2D eigenvalue weighted by molar-refractivity contribution is 5.74. The summed E-state index contributed by atoms with van der Waals surface area (Å²) in [5, 5.41) is 10.3. The minimum absolute atomic E-state index is 0.442. The van der Waals surface area contributed by atoms with Crippen LogP contribution in [-0.2, 0) is 0 Å². The molecule has 5 nitrogen and oxygen atoms in total. The second-order valence-corrected chi connectivity index (χ2v) is 2.72.